The van der Waals surface area contributed by atoms with Gasteiger partial charge in [0.25, 0.3) is 0 Å². The number of nitrogens with one attached hydrogen (secondary N) is 1. The lowest BCUT2D eigenvalue weighted by atomic mass is 9.84. The molecule has 0 aromatic heterocycles. The number of hydrogen-bond acceptors (Lipinski definition) is 3. The van der Waals surface area contributed by atoms with E-state index in [-0.39, 0.29) is 11.6 Å². The van der Waals surface area contributed by atoms with Crippen LogP contribution in [0.1, 0.15) is 43.4 Å². The normalized spacial score (nSPS) is 26.8. The zero-order chi connectivity index (χ0) is 12.3. The number of hydrogen-bond donors (Lipinski definition) is 2. The van der Waals surface area contributed by atoms with Crippen LogP contribution >= 0.6 is 0 Å². The molecule has 17 heavy (non-hydrogen) atoms. The van der Waals surface area contributed by atoms with Crippen LogP contribution in [0.4, 0.5) is 0 Å². The molecule has 3 nitrogen and oxygen atoms in total. The van der Waals surface area contributed by atoms with Gasteiger partial charge in [0.1, 0.15) is 0 Å². The molecule has 0 bridgehead atoms. The lowest BCUT2D eigenvalue weighted by Gasteiger charge is -2.40. The van der Waals surface area contributed by atoms with Crippen LogP contribution in [0, 0.1) is 6.92 Å². The molecule has 94 valence electrons. The standard InChI is InChI=1S/C14H22N2O/c1-11-5-7-12(8-6-11)13(16-15)14(2)9-3-4-10-17-14/h5-8,13,16H,3-4,9-10,15H2,1-2H3. The third-order valence-electron chi connectivity index (χ3n) is 3.69. The van der Waals surface area contributed by atoms with Crippen LogP contribution in [0.15, 0.2) is 24.3 Å². The molecular weight excluding hydrogens is 212 g/mol. The fourth-order valence-corrected chi connectivity index (χ4v) is 2.57. The average Bonchev–Trinajstić information content (AvgIpc) is 2.33. The summed E-state index contributed by atoms with van der Waals surface area (Å²) in [5, 5.41) is 0. The molecule has 0 radical (unpaired) electrons. The number of hydrazine groups is 1. The minimum atomic E-state index is -0.192. The highest BCUT2D eigenvalue weighted by atomic mass is 16.5. The molecule has 3 heteroatoms. The van der Waals surface area contributed by atoms with E-state index >= 15 is 0 Å². The number of ether oxygens (including phenoxy) is 1. The van der Waals surface area contributed by atoms with Gasteiger partial charge in [0, 0.05) is 6.61 Å². The molecule has 3 N–H and O–H groups in total. The quantitative estimate of drug-likeness (QED) is 0.624. The fraction of sp³-hybridized carbons (Fsp3) is 0.571. The molecule has 1 aromatic carbocycles. The van der Waals surface area contributed by atoms with E-state index in [9.17, 15) is 0 Å². The molecule has 2 unspecified atom stereocenters. The van der Waals surface area contributed by atoms with Gasteiger partial charge in [-0.15, -0.1) is 0 Å². The number of aryl methyl sites for hydroxylation is 1. The van der Waals surface area contributed by atoms with Crippen LogP contribution in [0.5, 0.6) is 0 Å². The summed E-state index contributed by atoms with van der Waals surface area (Å²) < 4.78 is 5.96. The van der Waals surface area contributed by atoms with E-state index in [1.54, 1.807) is 0 Å². The molecule has 0 saturated carbocycles. The Morgan fingerprint density at radius 1 is 1.29 bits per heavy atom. The van der Waals surface area contributed by atoms with Crippen LogP contribution in [0.3, 0.4) is 0 Å². The van der Waals surface area contributed by atoms with Crippen LogP contribution in [0.25, 0.3) is 0 Å². The predicted octanol–water partition coefficient (Wildman–Crippen LogP) is 2.46. The second kappa shape index (κ2) is 5.17. The van der Waals surface area contributed by atoms with E-state index in [0.29, 0.717) is 0 Å². The van der Waals surface area contributed by atoms with Gasteiger partial charge in [-0.05, 0) is 38.7 Å². The van der Waals surface area contributed by atoms with Crippen molar-refractivity contribution in [2.45, 2.75) is 44.8 Å². The van der Waals surface area contributed by atoms with E-state index in [2.05, 4.69) is 43.5 Å². The summed E-state index contributed by atoms with van der Waals surface area (Å²) in [6, 6.07) is 8.55. The first-order valence-electron chi connectivity index (χ1n) is 6.32. The Bertz CT molecular complexity index is 355. The van der Waals surface area contributed by atoms with Gasteiger partial charge >= 0.3 is 0 Å². The first-order valence-corrected chi connectivity index (χ1v) is 6.32. The summed E-state index contributed by atoms with van der Waals surface area (Å²) >= 11 is 0. The van der Waals surface area contributed by atoms with Crippen molar-refractivity contribution in [2.24, 2.45) is 5.84 Å². The minimum absolute atomic E-state index is 0.0587. The Balaban J connectivity index is 2.22. The van der Waals surface area contributed by atoms with Gasteiger partial charge in [0.2, 0.25) is 0 Å². The van der Waals surface area contributed by atoms with Gasteiger partial charge < -0.3 is 4.74 Å². The number of benzene rings is 1. The highest BCUT2D eigenvalue weighted by molar-refractivity contribution is 5.26. The molecule has 2 atom stereocenters. The van der Waals surface area contributed by atoms with Crippen molar-refractivity contribution in [3.63, 3.8) is 0 Å². The van der Waals surface area contributed by atoms with Crippen molar-refractivity contribution < 1.29 is 4.74 Å². The van der Waals surface area contributed by atoms with Crippen LogP contribution < -0.4 is 11.3 Å². The maximum atomic E-state index is 5.96. The first-order chi connectivity index (χ1) is 8.15. The second-order valence-electron chi connectivity index (χ2n) is 5.13. The van der Waals surface area contributed by atoms with Crippen molar-refractivity contribution in [3.05, 3.63) is 35.4 Å². The zero-order valence-electron chi connectivity index (χ0n) is 10.7. The minimum Gasteiger partial charge on any atom is -0.373 e. The smallest absolute Gasteiger partial charge is 0.0861 e. The van der Waals surface area contributed by atoms with Gasteiger partial charge in [-0.2, -0.15) is 0 Å². The van der Waals surface area contributed by atoms with Crippen molar-refractivity contribution in [2.75, 3.05) is 6.61 Å². The molecule has 0 aliphatic carbocycles. The van der Waals surface area contributed by atoms with Crippen LogP contribution in [0.2, 0.25) is 0 Å². The number of rotatable bonds is 3. The van der Waals surface area contributed by atoms with Crippen LogP contribution in [-0.4, -0.2) is 12.2 Å². The first kappa shape index (κ1) is 12.6. The molecule has 1 aliphatic heterocycles. The molecule has 1 saturated heterocycles. The monoisotopic (exact) mass is 234 g/mol. The summed E-state index contributed by atoms with van der Waals surface area (Å²) in [5.74, 6) is 5.73. The third-order valence-corrected chi connectivity index (χ3v) is 3.69. The van der Waals surface area contributed by atoms with Gasteiger partial charge in [-0.3, -0.25) is 11.3 Å². The van der Waals surface area contributed by atoms with E-state index < -0.39 is 0 Å². The van der Waals surface area contributed by atoms with Crippen molar-refractivity contribution >= 4 is 0 Å². The summed E-state index contributed by atoms with van der Waals surface area (Å²) in [6.07, 6.45) is 3.41. The maximum absolute atomic E-state index is 5.96. The van der Waals surface area contributed by atoms with Gasteiger partial charge in [-0.1, -0.05) is 29.8 Å². The Morgan fingerprint density at radius 3 is 2.53 bits per heavy atom. The molecule has 2 rings (SSSR count). The molecular formula is C14H22N2O. The lowest BCUT2D eigenvalue weighted by molar-refractivity contribution is -0.0898. The largest absolute Gasteiger partial charge is 0.373 e. The van der Waals surface area contributed by atoms with E-state index in [0.717, 1.165) is 19.4 Å². The van der Waals surface area contributed by atoms with Crippen molar-refractivity contribution in [1.29, 1.82) is 0 Å². The molecule has 1 heterocycles. The molecule has 1 fully saturated rings. The highest BCUT2D eigenvalue weighted by Crippen LogP contribution is 2.36. The molecule has 0 spiro atoms. The predicted molar refractivity (Wildman–Crippen MR) is 69.5 cm³/mol. The topological polar surface area (TPSA) is 47.3 Å². The van der Waals surface area contributed by atoms with Crippen molar-refractivity contribution in [3.8, 4) is 0 Å². The SMILES string of the molecule is Cc1ccc(C(NN)C2(C)CCCCO2)cc1. The van der Waals surface area contributed by atoms with Crippen LogP contribution in [-0.2, 0) is 4.74 Å². The Kier molecular flexibility index (Phi) is 3.82. The third kappa shape index (κ3) is 2.68. The van der Waals surface area contributed by atoms with Gasteiger partial charge in [0.05, 0.1) is 11.6 Å². The molecule has 1 aliphatic rings. The average molecular weight is 234 g/mol. The maximum Gasteiger partial charge on any atom is 0.0861 e. The van der Waals surface area contributed by atoms with E-state index in [4.69, 9.17) is 10.6 Å². The second-order valence-corrected chi connectivity index (χ2v) is 5.13. The molecule has 1 aromatic rings. The summed E-state index contributed by atoms with van der Waals surface area (Å²) in [4.78, 5) is 0. The Morgan fingerprint density at radius 2 is 2.00 bits per heavy atom. The highest BCUT2D eigenvalue weighted by Gasteiger charge is 2.37. The Labute approximate surface area is 103 Å². The summed E-state index contributed by atoms with van der Waals surface area (Å²) in [6.45, 7) is 5.07. The van der Waals surface area contributed by atoms with E-state index in [1.807, 2.05) is 0 Å². The fourth-order valence-electron chi connectivity index (χ4n) is 2.57. The Hall–Kier alpha value is -0.900. The van der Waals surface area contributed by atoms with Gasteiger partial charge in [0.15, 0.2) is 0 Å². The summed E-state index contributed by atoms with van der Waals surface area (Å²) in [7, 11) is 0. The van der Waals surface area contributed by atoms with Gasteiger partial charge in [-0.25, -0.2) is 0 Å². The lowest BCUT2D eigenvalue weighted by Crippen LogP contribution is -2.48. The number of nitrogens with two attached hydrogens (primary N) is 1. The van der Waals surface area contributed by atoms with Crippen molar-refractivity contribution in [1.82, 2.24) is 5.43 Å². The molecule has 0 amide bonds. The summed E-state index contributed by atoms with van der Waals surface area (Å²) in [5.41, 5.74) is 5.19. The van der Waals surface area contributed by atoms with E-state index in [1.165, 1.54) is 17.5 Å². The zero-order valence-corrected chi connectivity index (χ0v) is 10.7.